The summed E-state index contributed by atoms with van der Waals surface area (Å²) in [5.74, 6) is 0.864. The minimum absolute atomic E-state index is 0.129. The summed E-state index contributed by atoms with van der Waals surface area (Å²) in [5.41, 5.74) is 2.62. The van der Waals surface area contributed by atoms with Crippen LogP contribution < -0.4 is 9.80 Å². The van der Waals surface area contributed by atoms with E-state index in [1.54, 1.807) is 6.92 Å². The number of hydrogen-bond acceptors (Lipinski definition) is 6. The Morgan fingerprint density at radius 1 is 1.14 bits per heavy atom. The number of nitrogens with one attached hydrogen (secondary N) is 1. The first kappa shape index (κ1) is 17.6. The van der Waals surface area contributed by atoms with E-state index >= 15 is 0 Å². The highest BCUT2D eigenvalue weighted by atomic mass is 16.2. The van der Waals surface area contributed by atoms with Crippen LogP contribution in [0.15, 0.2) is 24.3 Å². The third-order valence-electron chi connectivity index (χ3n) is 6.96. The van der Waals surface area contributed by atoms with E-state index < -0.39 is 0 Å². The third kappa shape index (κ3) is 2.87. The van der Waals surface area contributed by atoms with Crippen LogP contribution in [0.2, 0.25) is 0 Å². The molecule has 4 heterocycles. The summed E-state index contributed by atoms with van der Waals surface area (Å²) in [4.78, 5) is 19.0. The molecule has 1 N–H and O–H groups in total. The number of tetrazole rings is 1. The van der Waals surface area contributed by atoms with Crippen molar-refractivity contribution in [1.29, 1.82) is 0 Å². The Hall–Kier alpha value is -2.48. The molecule has 3 aliphatic rings. The fourth-order valence-electron chi connectivity index (χ4n) is 5.38. The van der Waals surface area contributed by atoms with Crippen molar-refractivity contribution < 1.29 is 4.79 Å². The summed E-state index contributed by atoms with van der Waals surface area (Å²) >= 11 is 0. The standard InChI is InChI=1S/C20H27N7O/c1-15(28)27-14-20(17-4-2-3-5-18(17)27)8-12-25(13-9-20)16-6-10-26(11-7-16)19-21-23-24-22-19/h2-5,16H,6-14H2,1H3,(H,21,22,23,24). The van der Waals surface area contributed by atoms with Gasteiger partial charge in [-0.3, -0.25) is 4.79 Å². The van der Waals surface area contributed by atoms with Crippen LogP contribution in [0.4, 0.5) is 11.6 Å². The van der Waals surface area contributed by atoms with Crippen molar-refractivity contribution in [2.75, 3.05) is 42.5 Å². The Bertz CT molecular complexity index is 836. The first-order chi connectivity index (χ1) is 13.7. The number of fused-ring (bicyclic) bond motifs is 2. The Balaban J connectivity index is 1.24. The molecule has 148 valence electrons. The normalized spacial score (nSPS) is 22.6. The molecule has 8 heteroatoms. The summed E-state index contributed by atoms with van der Waals surface area (Å²) < 4.78 is 0. The van der Waals surface area contributed by atoms with E-state index in [4.69, 9.17) is 0 Å². The highest BCUT2D eigenvalue weighted by Gasteiger charge is 2.46. The number of aromatic nitrogens is 4. The molecule has 1 aromatic heterocycles. The number of carbonyl (C=O) groups is 1. The zero-order valence-electron chi connectivity index (χ0n) is 16.3. The first-order valence-electron chi connectivity index (χ1n) is 10.3. The Morgan fingerprint density at radius 2 is 1.89 bits per heavy atom. The van der Waals surface area contributed by atoms with Gasteiger partial charge in [-0.2, -0.15) is 5.21 Å². The smallest absolute Gasteiger partial charge is 0.265 e. The number of piperidine rings is 2. The van der Waals surface area contributed by atoms with Crippen molar-refractivity contribution in [3.63, 3.8) is 0 Å². The van der Waals surface area contributed by atoms with Gasteiger partial charge in [0.1, 0.15) is 0 Å². The SMILES string of the molecule is CC(=O)N1CC2(CCN(C3CCN(c4nn[nH]n4)CC3)CC2)c2ccccc21. The molecule has 0 bridgehead atoms. The summed E-state index contributed by atoms with van der Waals surface area (Å²) in [7, 11) is 0. The van der Waals surface area contributed by atoms with E-state index in [0.717, 1.165) is 64.1 Å². The molecule has 0 atom stereocenters. The number of carbonyl (C=O) groups excluding carboxylic acids is 1. The number of anilines is 2. The molecular weight excluding hydrogens is 354 g/mol. The molecule has 2 fully saturated rings. The fourth-order valence-corrected chi connectivity index (χ4v) is 5.38. The van der Waals surface area contributed by atoms with Crippen molar-refractivity contribution in [2.45, 2.75) is 44.1 Å². The van der Waals surface area contributed by atoms with Crippen molar-refractivity contribution in [1.82, 2.24) is 25.5 Å². The van der Waals surface area contributed by atoms with Gasteiger partial charge in [0.15, 0.2) is 0 Å². The Morgan fingerprint density at radius 3 is 2.57 bits per heavy atom. The van der Waals surface area contributed by atoms with Crippen LogP contribution in [0.5, 0.6) is 0 Å². The zero-order chi connectivity index (χ0) is 19.1. The summed E-state index contributed by atoms with van der Waals surface area (Å²) in [5, 5.41) is 14.4. The summed E-state index contributed by atoms with van der Waals surface area (Å²) in [6, 6.07) is 9.12. The largest absolute Gasteiger partial charge is 0.338 e. The molecule has 1 amide bonds. The number of amides is 1. The van der Waals surface area contributed by atoms with Crippen LogP contribution in [-0.2, 0) is 10.2 Å². The minimum Gasteiger partial charge on any atom is -0.338 e. The lowest BCUT2D eigenvalue weighted by Crippen LogP contribution is -2.52. The molecule has 0 unspecified atom stereocenters. The van der Waals surface area contributed by atoms with Gasteiger partial charge < -0.3 is 14.7 Å². The second-order valence-corrected chi connectivity index (χ2v) is 8.37. The molecular formula is C20H27N7O. The Kier molecular flexibility index (Phi) is 4.30. The molecule has 3 aliphatic heterocycles. The molecule has 0 radical (unpaired) electrons. The maximum absolute atomic E-state index is 12.2. The fraction of sp³-hybridized carbons (Fsp3) is 0.600. The van der Waals surface area contributed by atoms with Crippen molar-refractivity contribution in [3.05, 3.63) is 29.8 Å². The Labute approximate surface area is 164 Å². The molecule has 1 spiro atoms. The van der Waals surface area contributed by atoms with Crippen LogP contribution in [0.25, 0.3) is 0 Å². The van der Waals surface area contributed by atoms with Gasteiger partial charge in [0.25, 0.3) is 5.95 Å². The molecule has 28 heavy (non-hydrogen) atoms. The molecule has 0 saturated carbocycles. The molecule has 1 aromatic carbocycles. The number of benzene rings is 1. The quantitative estimate of drug-likeness (QED) is 0.850. The third-order valence-corrected chi connectivity index (χ3v) is 6.96. The lowest BCUT2D eigenvalue weighted by Gasteiger charge is -2.45. The maximum Gasteiger partial charge on any atom is 0.265 e. The number of rotatable bonds is 2. The molecule has 2 saturated heterocycles. The van der Waals surface area contributed by atoms with Gasteiger partial charge in [0, 0.05) is 43.7 Å². The van der Waals surface area contributed by atoms with E-state index in [1.165, 1.54) is 5.56 Å². The van der Waals surface area contributed by atoms with Crippen LogP contribution in [0, 0.1) is 0 Å². The summed E-state index contributed by atoms with van der Waals surface area (Å²) in [6.45, 7) is 6.69. The molecule has 5 rings (SSSR count). The van der Waals surface area contributed by atoms with E-state index in [0.29, 0.717) is 12.0 Å². The molecule has 2 aromatic rings. The van der Waals surface area contributed by atoms with Gasteiger partial charge in [-0.25, -0.2) is 0 Å². The number of aromatic amines is 1. The second kappa shape index (κ2) is 6.84. The number of H-pyrrole nitrogens is 1. The predicted octanol–water partition coefficient (Wildman–Crippen LogP) is 1.57. The van der Waals surface area contributed by atoms with Gasteiger partial charge in [-0.05, 0) is 55.6 Å². The number of hydrogen-bond donors (Lipinski definition) is 1. The zero-order valence-corrected chi connectivity index (χ0v) is 16.3. The topological polar surface area (TPSA) is 81.3 Å². The van der Waals surface area contributed by atoms with Gasteiger partial charge in [-0.1, -0.05) is 23.3 Å². The predicted molar refractivity (Wildman–Crippen MR) is 106 cm³/mol. The van der Waals surface area contributed by atoms with E-state index in [1.807, 2.05) is 11.0 Å². The lowest BCUT2D eigenvalue weighted by molar-refractivity contribution is -0.116. The van der Waals surface area contributed by atoms with Gasteiger partial charge in [-0.15, -0.1) is 5.10 Å². The van der Waals surface area contributed by atoms with Crippen LogP contribution in [-0.4, -0.2) is 70.2 Å². The van der Waals surface area contributed by atoms with E-state index in [2.05, 4.69) is 48.6 Å². The number of para-hydroxylation sites is 1. The molecule has 0 aliphatic carbocycles. The van der Waals surface area contributed by atoms with Crippen LogP contribution in [0.3, 0.4) is 0 Å². The monoisotopic (exact) mass is 381 g/mol. The highest BCUT2D eigenvalue weighted by Crippen LogP contribution is 2.47. The summed E-state index contributed by atoms with van der Waals surface area (Å²) in [6.07, 6.45) is 4.52. The highest BCUT2D eigenvalue weighted by molar-refractivity contribution is 5.94. The van der Waals surface area contributed by atoms with Gasteiger partial charge in [0.2, 0.25) is 5.91 Å². The maximum atomic E-state index is 12.2. The van der Waals surface area contributed by atoms with E-state index in [-0.39, 0.29) is 11.3 Å². The molecule has 8 nitrogen and oxygen atoms in total. The van der Waals surface area contributed by atoms with Crippen LogP contribution in [0.1, 0.15) is 38.2 Å². The van der Waals surface area contributed by atoms with Crippen LogP contribution >= 0.6 is 0 Å². The second-order valence-electron chi connectivity index (χ2n) is 8.37. The minimum atomic E-state index is 0.129. The number of likely N-dealkylation sites (tertiary alicyclic amines) is 1. The van der Waals surface area contributed by atoms with E-state index in [9.17, 15) is 4.79 Å². The van der Waals surface area contributed by atoms with Gasteiger partial charge >= 0.3 is 0 Å². The van der Waals surface area contributed by atoms with Gasteiger partial charge in [0.05, 0.1) is 0 Å². The van der Waals surface area contributed by atoms with Crippen molar-refractivity contribution >= 4 is 17.5 Å². The average molecular weight is 381 g/mol. The van der Waals surface area contributed by atoms with Crippen molar-refractivity contribution in [3.8, 4) is 0 Å². The first-order valence-corrected chi connectivity index (χ1v) is 10.3. The number of nitrogens with zero attached hydrogens (tertiary/aromatic N) is 6. The van der Waals surface area contributed by atoms with Crippen molar-refractivity contribution in [2.24, 2.45) is 0 Å². The lowest BCUT2D eigenvalue weighted by atomic mass is 9.74. The average Bonchev–Trinajstić information content (AvgIpc) is 3.37.